The molecular formula is C17H23ClN4O4S. The Hall–Kier alpha value is -1.84. The number of nitrogens with zero attached hydrogens (tertiary/aromatic N) is 3. The van der Waals surface area contributed by atoms with Crippen molar-refractivity contribution in [2.45, 2.75) is 6.42 Å². The lowest BCUT2D eigenvalue weighted by Crippen LogP contribution is -2.45. The fraction of sp³-hybridized carbons (Fsp3) is 0.529. The number of hydrogen-bond acceptors (Lipinski definition) is 4. The third kappa shape index (κ3) is 4.53. The van der Waals surface area contributed by atoms with E-state index in [1.165, 1.54) is 4.31 Å². The molecule has 1 aromatic rings. The van der Waals surface area contributed by atoms with Crippen molar-refractivity contribution >= 4 is 39.2 Å². The van der Waals surface area contributed by atoms with Crippen molar-refractivity contribution in [1.82, 2.24) is 14.1 Å². The maximum Gasteiger partial charge on any atom is 0.321 e. The molecule has 2 fully saturated rings. The summed E-state index contributed by atoms with van der Waals surface area (Å²) in [6.45, 7) is 1.39. The van der Waals surface area contributed by atoms with E-state index in [4.69, 9.17) is 11.6 Å². The number of carbonyl (C=O) groups is 2. The number of likely N-dealkylation sites (tertiary alicyclic amines) is 1. The van der Waals surface area contributed by atoms with Crippen LogP contribution in [-0.4, -0.2) is 80.5 Å². The Kier molecular flexibility index (Phi) is 5.38. The van der Waals surface area contributed by atoms with Crippen LogP contribution in [-0.2, 0) is 14.8 Å². The van der Waals surface area contributed by atoms with Crippen molar-refractivity contribution in [2.24, 2.45) is 5.41 Å². The van der Waals surface area contributed by atoms with E-state index in [1.807, 2.05) is 0 Å². The van der Waals surface area contributed by atoms with Gasteiger partial charge < -0.3 is 15.1 Å². The topological polar surface area (TPSA) is 90.0 Å². The Morgan fingerprint density at radius 3 is 2.56 bits per heavy atom. The van der Waals surface area contributed by atoms with E-state index in [1.54, 1.807) is 41.1 Å². The van der Waals surface area contributed by atoms with E-state index in [2.05, 4.69) is 5.32 Å². The van der Waals surface area contributed by atoms with Gasteiger partial charge in [0.15, 0.2) is 0 Å². The summed E-state index contributed by atoms with van der Waals surface area (Å²) in [5, 5.41) is 3.30. The summed E-state index contributed by atoms with van der Waals surface area (Å²) in [4.78, 5) is 28.1. The quantitative estimate of drug-likeness (QED) is 0.789. The molecule has 1 N–H and O–H groups in total. The molecule has 2 saturated heterocycles. The van der Waals surface area contributed by atoms with E-state index in [-0.39, 0.29) is 38.0 Å². The molecule has 1 spiro atoms. The van der Waals surface area contributed by atoms with Crippen LogP contribution in [0.3, 0.4) is 0 Å². The average molecular weight is 415 g/mol. The van der Waals surface area contributed by atoms with E-state index in [9.17, 15) is 18.0 Å². The van der Waals surface area contributed by atoms with Crippen LogP contribution in [0.4, 0.5) is 10.5 Å². The molecule has 2 aliphatic heterocycles. The van der Waals surface area contributed by atoms with Crippen molar-refractivity contribution in [3.05, 3.63) is 29.3 Å². The summed E-state index contributed by atoms with van der Waals surface area (Å²) in [5.74, 6) is -0.0412. The van der Waals surface area contributed by atoms with Crippen LogP contribution in [0.2, 0.25) is 5.02 Å². The van der Waals surface area contributed by atoms with Gasteiger partial charge in [-0.1, -0.05) is 17.7 Å². The predicted molar refractivity (Wildman–Crippen MR) is 103 cm³/mol. The second-order valence-corrected chi connectivity index (χ2v) is 9.80. The van der Waals surface area contributed by atoms with Gasteiger partial charge in [-0.15, -0.1) is 0 Å². The zero-order valence-electron chi connectivity index (χ0n) is 15.3. The lowest BCUT2D eigenvalue weighted by Gasteiger charge is -2.32. The molecule has 0 aliphatic carbocycles. The Labute approximate surface area is 164 Å². The normalized spacial score (nSPS) is 24.3. The fourth-order valence-electron chi connectivity index (χ4n) is 3.76. The minimum absolute atomic E-state index is 0.0412. The molecule has 2 heterocycles. The highest BCUT2D eigenvalue weighted by Gasteiger charge is 2.47. The van der Waals surface area contributed by atoms with E-state index >= 15 is 0 Å². The minimum atomic E-state index is -3.43. The van der Waals surface area contributed by atoms with Gasteiger partial charge in [-0.05, 0) is 18.2 Å². The van der Waals surface area contributed by atoms with Gasteiger partial charge >= 0.3 is 6.03 Å². The molecule has 1 aromatic carbocycles. The first kappa shape index (κ1) is 19.9. The van der Waals surface area contributed by atoms with Crippen LogP contribution >= 0.6 is 11.6 Å². The second kappa shape index (κ2) is 7.29. The maximum atomic E-state index is 12.8. The molecule has 148 valence electrons. The Balaban J connectivity index is 1.83. The van der Waals surface area contributed by atoms with Gasteiger partial charge in [-0.2, -0.15) is 4.31 Å². The van der Waals surface area contributed by atoms with Crippen molar-refractivity contribution in [3.63, 3.8) is 0 Å². The van der Waals surface area contributed by atoms with Gasteiger partial charge in [-0.3, -0.25) is 4.79 Å². The van der Waals surface area contributed by atoms with Crippen LogP contribution in [0, 0.1) is 5.41 Å². The van der Waals surface area contributed by atoms with E-state index in [0.717, 1.165) is 6.26 Å². The third-order valence-corrected chi connectivity index (χ3v) is 6.50. The van der Waals surface area contributed by atoms with Gasteiger partial charge in [0.05, 0.1) is 6.26 Å². The van der Waals surface area contributed by atoms with Crippen LogP contribution in [0.1, 0.15) is 6.42 Å². The van der Waals surface area contributed by atoms with Crippen LogP contribution in [0.15, 0.2) is 24.3 Å². The summed E-state index contributed by atoms with van der Waals surface area (Å²) in [6.07, 6.45) is 1.37. The lowest BCUT2D eigenvalue weighted by atomic mass is 9.86. The molecule has 8 nitrogen and oxygen atoms in total. The van der Waals surface area contributed by atoms with Crippen molar-refractivity contribution in [1.29, 1.82) is 0 Å². The summed E-state index contributed by atoms with van der Waals surface area (Å²) in [6, 6.07) is 6.48. The third-order valence-electron chi connectivity index (χ3n) is 5.01. The number of rotatable bonds is 2. The summed E-state index contributed by atoms with van der Waals surface area (Å²) < 4.78 is 25.6. The number of hydrogen-bond donors (Lipinski definition) is 1. The van der Waals surface area contributed by atoms with Gasteiger partial charge in [0.25, 0.3) is 0 Å². The number of sulfonamides is 1. The number of halogens is 1. The molecule has 1 atom stereocenters. The second-order valence-electron chi connectivity index (χ2n) is 7.39. The molecule has 0 unspecified atom stereocenters. The highest BCUT2D eigenvalue weighted by molar-refractivity contribution is 7.88. The number of carbonyl (C=O) groups excluding carboxylic acids is 2. The molecule has 0 bridgehead atoms. The average Bonchev–Trinajstić information content (AvgIpc) is 2.72. The Morgan fingerprint density at radius 2 is 1.96 bits per heavy atom. The standard InChI is InChI=1S/C17H23ClN4O4S/c1-20-10-17(9-15(20)23)11-21(6-7-22(12-17)27(2,25)26)16(24)19-14-5-3-4-13(18)8-14/h3-5,8H,6-7,9-12H2,1-2H3,(H,19,24)/t17-/m1/s1. The van der Waals surface area contributed by atoms with Crippen molar-refractivity contribution in [3.8, 4) is 0 Å². The molecule has 0 saturated carbocycles. The first-order valence-electron chi connectivity index (χ1n) is 8.59. The number of nitrogens with one attached hydrogen (secondary N) is 1. The lowest BCUT2D eigenvalue weighted by molar-refractivity contribution is -0.126. The van der Waals surface area contributed by atoms with Gasteiger partial charge in [0.1, 0.15) is 0 Å². The molecule has 3 amide bonds. The van der Waals surface area contributed by atoms with Crippen molar-refractivity contribution in [2.75, 3.05) is 51.3 Å². The highest BCUT2D eigenvalue weighted by Crippen LogP contribution is 2.35. The van der Waals surface area contributed by atoms with Gasteiger partial charge in [-0.25, -0.2) is 13.2 Å². The maximum absolute atomic E-state index is 12.8. The Morgan fingerprint density at radius 1 is 1.22 bits per heavy atom. The van der Waals surface area contributed by atoms with Crippen LogP contribution in [0.5, 0.6) is 0 Å². The summed E-state index contributed by atoms with van der Waals surface area (Å²) in [7, 11) is -1.74. The SMILES string of the molecule is CN1C[C@]2(CC1=O)CN(C(=O)Nc1cccc(Cl)c1)CCN(S(C)(=O)=O)C2. The molecule has 0 aromatic heterocycles. The first-order chi connectivity index (χ1) is 12.6. The number of benzene rings is 1. The molecular weight excluding hydrogens is 392 g/mol. The summed E-state index contributed by atoms with van der Waals surface area (Å²) >= 11 is 5.96. The van der Waals surface area contributed by atoms with Gasteiger partial charge in [0.2, 0.25) is 15.9 Å². The number of urea groups is 1. The largest absolute Gasteiger partial charge is 0.345 e. The van der Waals surface area contributed by atoms with E-state index in [0.29, 0.717) is 23.8 Å². The molecule has 3 rings (SSSR count). The fourth-order valence-corrected chi connectivity index (χ4v) is 4.87. The smallest absolute Gasteiger partial charge is 0.321 e. The first-order valence-corrected chi connectivity index (χ1v) is 10.8. The number of amides is 3. The van der Waals surface area contributed by atoms with Crippen LogP contribution in [0.25, 0.3) is 0 Å². The van der Waals surface area contributed by atoms with Crippen molar-refractivity contribution < 1.29 is 18.0 Å². The highest BCUT2D eigenvalue weighted by atomic mass is 35.5. The molecule has 2 aliphatic rings. The zero-order chi connectivity index (χ0) is 19.8. The van der Waals surface area contributed by atoms with Crippen LogP contribution < -0.4 is 5.32 Å². The molecule has 0 radical (unpaired) electrons. The van der Waals surface area contributed by atoms with Gasteiger partial charge in [0, 0.05) is 62.3 Å². The molecule has 27 heavy (non-hydrogen) atoms. The minimum Gasteiger partial charge on any atom is -0.345 e. The van der Waals surface area contributed by atoms with E-state index < -0.39 is 15.4 Å². The number of anilines is 1. The Bertz CT molecular complexity index is 862. The summed E-state index contributed by atoms with van der Waals surface area (Å²) in [5.41, 5.74) is -0.0535. The zero-order valence-corrected chi connectivity index (χ0v) is 16.9. The predicted octanol–water partition coefficient (Wildman–Crippen LogP) is 1.30. The molecule has 10 heteroatoms. The monoisotopic (exact) mass is 414 g/mol.